The predicted octanol–water partition coefficient (Wildman–Crippen LogP) is 1.28. The number of hydrogen-bond donors (Lipinski definition) is 3. The average Bonchev–Trinajstić information content (AvgIpc) is 2.73. The summed E-state index contributed by atoms with van der Waals surface area (Å²) in [5, 5.41) is 3.09. The number of furan rings is 1. The number of nitrogens with zero attached hydrogens (tertiary/aromatic N) is 2. The van der Waals surface area contributed by atoms with Crippen LogP contribution in [0.4, 0.5) is 11.6 Å². The number of nitrogens with one attached hydrogen (secondary N) is 2. The number of nitrogen functional groups attached to an aromatic ring is 1. The van der Waals surface area contributed by atoms with Gasteiger partial charge in [0.15, 0.2) is 5.82 Å². The Morgan fingerprint density at radius 3 is 2.81 bits per heavy atom. The first kappa shape index (κ1) is 10.4. The Balaban J connectivity index is 1.99. The number of aromatic nitrogens is 2. The first-order chi connectivity index (χ1) is 7.78. The van der Waals surface area contributed by atoms with Crippen LogP contribution in [0.1, 0.15) is 11.5 Å². The van der Waals surface area contributed by atoms with E-state index in [1.807, 2.05) is 19.1 Å². The molecule has 0 radical (unpaired) electrons. The zero-order chi connectivity index (χ0) is 11.4. The lowest BCUT2D eigenvalue weighted by Gasteiger charge is -2.04. The molecular formula is C10H13N5O. The summed E-state index contributed by atoms with van der Waals surface area (Å²) in [6.45, 7) is 2.47. The van der Waals surface area contributed by atoms with E-state index in [9.17, 15) is 0 Å². The molecule has 6 heteroatoms. The van der Waals surface area contributed by atoms with Crippen LogP contribution >= 0.6 is 0 Å². The van der Waals surface area contributed by atoms with Gasteiger partial charge in [0.05, 0.1) is 18.9 Å². The Hall–Kier alpha value is -2.08. The minimum Gasteiger partial charge on any atom is -0.465 e. The number of hydrogen-bond acceptors (Lipinski definition) is 6. The molecule has 0 saturated carbocycles. The topological polar surface area (TPSA) is 89.0 Å². The number of hydrazine groups is 1. The molecule has 0 saturated heterocycles. The van der Waals surface area contributed by atoms with Crippen LogP contribution < -0.4 is 16.6 Å². The van der Waals surface area contributed by atoms with E-state index in [2.05, 4.69) is 20.7 Å². The smallest absolute Gasteiger partial charge is 0.160 e. The fraction of sp³-hybridized carbons (Fsp3) is 0.200. The van der Waals surface area contributed by atoms with E-state index in [0.717, 1.165) is 11.5 Å². The van der Waals surface area contributed by atoms with Crippen LogP contribution in [0.15, 0.2) is 28.9 Å². The first-order valence-electron chi connectivity index (χ1n) is 4.86. The van der Waals surface area contributed by atoms with Crippen molar-refractivity contribution in [1.82, 2.24) is 9.97 Å². The monoisotopic (exact) mass is 219 g/mol. The Kier molecular flexibility index (Phi) is 3.02. The standard InChI is InChI=1S/C10H13N5O/c1-7-2-3-8(16-7)4-13-9-5-12-6-10(14-9)15-11/h2-3,5-6H,4,11H2,1H3,(H2,13,14,15). The molecule has 0 aliphatic carbocycles. The maximum atomic E-state index is 5.41. The molecule has 0 fully saturated rings. The third-order valence-corrected chi connectivity index (χ3v) is 2.02. The van der Waals surface area contributed by atoms with E-state index in [1.54, 1.807) is 12.4 Å². The summed E-state index contributed by atoms with van der Waals surface area (Å²) >= 11 is 0. The van der Waals surface area contributed by atoms with Crippen LogP contribution in [0.2, 0.25) is 0 Å². The molecule has 6 nitrogen and oxygen atoms in total. The first-order valence-corrected chi connectivity index (χ1v) is 4.86. The van der Waals surface area contributed by atoms with Gasteiger partial charge < -0.3 is 15.2 Å². The van der Waals surface area contributed by atoms with E-state index < -0.39 is 0 Å². The largest absolute Gasteiger partial charge is 0.465 e. The Morgan fingerprint density at radius 2 is 2.12 bits per heavy atom. The molecule has 0 aliphatic rings. The fourth-order valence-corrected chi connectivity index (χ4v) is 1.28. The summed E-state index contributed by atoms with van der Waals surface area (Å²) in [7, 11) is 0. The van der Waals surface area contributed by atoms with Crippen molar-refractivity contribution < 1.29 is 4.42 Å². The molecule has 0 unspecified atom stereocenters. The second-order valence-corrected chi connectivity index (χ2v) is 3.30. The van der Waals surface area contributed by atoms with E-state index in [-0.39, 0.29) is 0 Å². The third kappa shape index (κ3) is 2.48. The van der Waals surface area contributed by atoms with Crippen LogP contribution in [-0.4, -0.2) is 9.97 Å². The van der Waals surface area contributed by atoms with Gasteiger partial charge in [-0.25, -0.2) is 10.8 Å². The molecule has 0 aliphatic heterocycles. The minimum absolute atomic E-state index is 0.514. The summed E-state index contributed by atoms with van der Waals surface area (Å²) in [4.78, 5) is 8.14. The lowest BCUT2D eigenvalue weighted by atomic mass is 10.4. The van der Waals surface area contributed by atoms with Gasteiger partial charge in [0, 0.05) is 0 Å². The number of rotatable bonds is 4. The maximum Gasteiger partial charge on any atom is 0.160 e. The molecular weight excluding hydrogens is 206 g/mol. The third-order valence-electron chi connectivity index (χ3n) is 2.02. The van der Waals surface area contributed by atoms with E-state index in [0.29, 0.717) is 18.2 Å². The van der Waals surface area contributed by atoms with Crippen LogP contribution in [0.25, 0.3) is 0 Å². The van der Waals surface area contributed by atoms with Crippen molar-refractivity contribution in [1.29, 1.82) is 0 Å². The molecule has 2 aromatic heterocycles. The molecule has 0 spiro atoms. The lowest BCUT2D eigenvalue weighted by Crippen LogP contribution is -2.10. The van der Waals surface area contributed by atoms with E-state index in [1.165, 1.54) is 0 Å². The second-order valence-electron chi connectivity index (χ2n) is 3.30. The van der Waals surface area contributed by atoms with Crippen molar-refractivity contribution in [3.63, 3.8) is 0 Å². The molecule has 84 valence electrons. The van der Waals surface area contributed by atoms with Gasteiger partial charge in [-0.15, -0.1) is 0 Å². The fourth-order valence-electron chi connectivity index (χ4n) is 1.28. The molecule has 16 heavy (non-hydrogen) atoms. The van der Waals surface area contributed by atoms with Crippen molar-refractivity contribution in [2.24, 2.45) is 5.84 Å². The SMILES string of the molecule is Cc1ccc(CNc2cncc(NN)n2)o1. The van der Waals surface area contributed by atoms with E-state index >= 15 is 0 Å². The van der Waals surface area contributed by atoms with Crippen LogP contribution in [0, 0.1) is 6.92 Å². The van der Waals surface area contributed by atoms with Gasteiger partial charge >= 0.3 is 0 Å². The summed E-state index contributed by atoms with van der Waals surface area (Å²) in [6.07, 6.45) is 3.17. The highest BCUT2D eigenvalue weighted by molar-refractivity contribution is 5.40. The van der Waals surface area contributed by atoms with Gasteiger partial charge in [0.1, 0.15) is 17.3 Å². The molecule has 2 rings (SSSR count). The second kappa shape index (κ2) is 4.63. The molecule has 0 atom stereocenters. The quantitative estimate of drug-likeness (QED) is 0.530. The van der Waals surface area contributed by atoms with Crippen molar-refractivity contribution in [2.45, 2.75) is 13.5 Å². The predicted molar refractivity (Wildman–Crippen MR) is 60.6 cm³/mol. The summed E-state index contributed by atoms with van der Waals surface area (Å²) < 4.78 is 5.41. The zero-order valence-electron chi connectivity index (χ0n) is 8.90. The normalized spacial score (nSPS) is 10.1. The minimum atomic E-state index is 0.514. The summed E-state index contributed by atoms with van der Waals surface area (Å²) in [5.41, 5.74) is 2.43. The summed E-state index contributed by atoms with van der Waals surface area (Å²) in [6, 6.07) is 3.83. The molecule has 4 N–H and O–H groups in total. The van der Waals surface area contributed by atoms with Crippen molar-refractivity contribution in [2.75, 3.05) is 10.7 Å². The molecule has 0 amide bonds. The van der Waals surface area contributed by atoms with Gasteiger partial charge in [-0.3, -0.25) is 4.98 Å². The van der Waals surface area contributed by atoms with Gasteiger partial charge in [-0.1, -0.05) is 0 Å². The highest BCUT2D eigenvalue weighted by Crippen LogP contribution is 2.10. The zero-order valence-corrected chi connectivity index (χ0v) is 8.90. The van der Waals surface area contributed by atoms with E-state index in [4.69, 9.17) is 10.3 Å². The highest BCUT2D eigenvalue weighted by atomic mass is 16.3. The van der Waals surface area contributed by atoms with Gasteiger partial charge in [0.2, 0.25) is 0 Å². The van der Waals surface area contributed by atoms with Crippen LogP contribution in [0.3, 0.4) is 0 Å². The molecule has 2 heterocycles. The van der Waals surface area contributed by atoms with Crippen molar-refractivity contribution in [3.8, 4) is 0 Å². The maximum absolute atomic E-state index is 5.41. The van der Waals surface area contributed by atoms with Crippen LogP contribution in [-0.2, 0) is 6.54 Å². The summed E-state index contributed by atoms with van der Waals surface area (Å²) in [5.74, 6) is 8.13. The Morgan fingerprint density at radius 1 is 1.31 bits per heavy atom. The van der Waals surface area contributed by atoms with Gasteiger partial charge in [-0.05, 0) is 19.1 Å². The number of anilines is 2. The molecule has 0 aromatic carbocycles. The van der Waals surface area contributed by atoms with Crippen molar-refractivity contribution >= 4 is 11.6 Å². The Bertz CT molecular complexity index is 468. The Labute approximate surface area is 92.9 Å². The average molecular weight is 219 g/mol. The molecule has 2 aromatic rings. The number of aryl methyl sites for hydroxylation is 1. The molecule has 0 bridgehead atoms. The highest BCUT2D eigenvalue weighted by Gasteiger charge is 2.00. The van der Waals surface area contributed by atoms with Gasteiger partial charge in [0.25, 0.3) is 0 Å². The van der Waals surface area contributed by atoms with Gasteiger partial charge in [-0.2, -0.15) is 0 Å². The lowest BCUT2D eigenvalue weighted by molar-refractivity contribution is 0.490. The van der Waals surface area contributed by atoms with Crippen LogP contribution in [0.5, 0.6) is 0 Å². The van der Waals surface area contributed by atoms with Crippen molar-refractivity contribution in [3.05, 3.63) is 36.0 Å². The number of nitrogens with two attached hydrogens (primary N) is 1.